The highest BCUT2D eigenvalue weighted by molar-refractivity contribution is 7.85. The Morgan fingerprint density at radius 2 is 2.08 bits per heavy atom. The van der Waals surface area contributed by atoms with Gasteiger partial charge in [-0.3, -0.25) is 9.00 Å². The van der Waals surface area contributed by atoms with Crippen LogP contribution in [0.5, 0.6) is 0 Å². The zero-order chi connectivity index (χ0) is 9.68. The zero-order valence-electron chi connectivity index (χ0n) is 7.44. The molecule has 1 rings (SSSR count). The summed E-state index contributed by atoms with van der Waals surface area (Å²) in [5, 5.41) is 0. The lowest BCUT2D eigenvalue weighted by Gasteiger charge is -2.24. The first-order valence-corrected chi connectivity index (χ1v) is 5.73. The molecule has 1 heterocycles. The molecule has 0 bridgehead atoms. The molecule has 1 fully saturated rings. The standard InChI is InChI=1S/C8H14N2O2S/c9-3-1-2-8(11)10-4-6-13(12)7-5-10/h1-2H,3-7,9H2/b2-1+. The van der Waals surface area contributed by atoms with E-state index in [0.29, 0.717) is 31.1 Å². The third-order valence-corrected chi connectivity index (χ3v) is 3.16. The van der Waals surface area contributed by atoms with Gasteiger partial charge in [0.15, 0.2) is 0 Å². The van der Waals surface area contributed by atoms with E-state index in [1.54, 1.807) is 11.0 Å². The lowest BCUT2D eigenvalue weighted by atomic mass is 10.4. The van der Waals surface area contributed by atoms with Crippen LogP contribution in [-0.4, -0.2) is 46.2 Å². The quantitative estimate of drug-likeness (QED) is 0.590. The second-order valence-corrected chi connectivity index (χ2v) is 4.51. The summed E-state index contributed by atoms with van der Waals surface area (Å²) in [6.45, 7) is 1.58. The third-order valence-electron chi connectivity index (χ3n) is 1.89. The zero-order valence-corrected chi connectivity index (χ0v) is 8.26. The minimum atomic E-state index is -0.726. The SMILES string of the molecule is NC/C=C/C(=O)N1CCS(=O)CC1. The van der Waals surface area contributed by atoms with E-state index in [1.807, 2.05) is 0 Å². The number of amides is 1. The van der Waals surface area contributed by atoms with Crippen LogP contribution in [0.25, 0.3) is 0 Å². The van der Waals surface area contributed by atoms with Crippen molar-refractivity contribution < 1.29 is 9.00 Å². The van der Waals surface area contributed by atoms with Crippen LogP contribution in [-0.2, 0) is 15.6 Å². The molecule has 2 N–H and O–H groups in total. The molecular weight excluding hydrogens is 188 g/mol. The average molecular weight is 202 g/mol. The molecule has 1 aliphatic rings. The molecule has 74 valence electrons. The monoisotopic (exact) mass is 202 g/mol. The van der Waals surface area contributed by atoms with Gasteiger partial charge in [0, 0.05) is 48.0 Å². The Kier molecular flexibility index (Phi) is 4.11. The van der Waals surface area contributed by atoms with Gasteiger partial charge in [0.1, 0.15) is 0 Å². The van der Waals surface area contributed by atoms with Crippen molar-refractivity contribution in [2.24, 2.45) is 5.73 Å². The summed E-state index contributed by atoms with van der Waals surface area (Å²) in [4.78, 5) is 13.1. The fraction of sp³-hybridized carbons (Fsp3) is 0.625. The first kappa shape index (κ1) is 10.4. The van der Waals surface area contributed by atoms with Gasteiger partial charge in [-0.25, -0.2) is 0 Å². The fourth-order valence-electron chi connectivity index (χ4n) is 1.13. The first-order valence-electron chi connectivity index (χ1n) is 4.24. The maximum Gasteiger partial charge on any atom is 0.246 e. The van der Waals surface area contributed by atoms with E-state index in [9.17, 15) is 9.00 Å². The van der Waals surface area contributed by atoms with Crippen molar-refractivity contribution in [1.82, 2.24) is 4.90 Å². The Morgan fingerprint density at radius 1 is 1.46 bits per heavy atom. The minimum absolute atomic E-state index is 0.0258. The van der Waals surface area contributed by atoms with E-state index in [0.717, 1.165) is 0 Å². The van der Waals surface area contributed by atoms with Crippen LogP contribution in [0.2, 0.25) is 0 Å². The van der Waals surface area contributed by atoms with E-state index < -0.39 is 10.8 Å². The normalized spacial score (nSPS) is 19.6. The van der Waals surface area contributed by atoms with Crippen LogP contribution in [0.1, 0.15) is 0 Å². The second kappa shape index (κ2) is 5.14. The predicted molar refractivity (Wildman–Crippen MR) is 52.7 cm³/mol. The molecule has 0 aromatic rings. The van der Waals surface area contributed by atoms with E-state index in [1.165, 1.54) is 6.08 Å². The molecule has 0 aromatic heterocycles. The molecule has 13 heavy (non-hydrogen) atoms. The molecule has 5 heteroatoms. The molecule has 0 spiro atoms. The van der Waals surface area contributed by atoms with Crippen LogP contribution in [0.4, 0.5) is 0 Å². The van der Waals surface area contributed by atoms with Crippen LogP contribution in [0, 0.1) is 0 Å². The topological polar surface area (TPSA) is 63.4 Å². The number of hydrogen-bond donors (Lipinski definition) is 1. The Morgan fingerprint density at radius 3 is 2.62 bits per heavy atom. The van der Waals surface area contributed by atoms with E-state index in [-0.39, 0.29) is 5.91 Å². The summed E-state index contributed by atoms with van der Waals surface area (Å²) in [5.74, 6) is 1.17. The summed E-state index contributed by atoms with van der Waals surface area (Å²) < 4.78 is 11.0. The molecule has 1 saturated heterocycles. The summed E-state index contributed by atoms with van der Waals surface area (Å²) in [5.41, 5.74) is 5.22. The van der Waals surface area contributed by atoms with Crippen molar-refractivity contribution in [3.8, 4) is 0 Å². The number of rotatable bonds is 2. The smallest absolute Gasteiger partial charge is 0.246 e. The predicted octanol–water partition coefficient (Wildman–Crippen LogP) is -0.908. The molecule has 0 saturated carbocycles. The molecule has 4 nitrogen and oxygen atoms in total. The van der Waals surface area contributed by atoms with Gasteiger partial charge in [-0.1, -0.05) is 6.08 Å². The number of carbonyl (C=O) groups is 1. The first-order chi connectivity index (χ1) is 6.24. The largest absolute Gasteiger partial charge is 0.337 e. The van der Waals surface area contributed by atoms with Crippen molar-refractivity contribution in [1.29, 1.82) is 0 Å². The average Bonchev–Trinajstić information content (AvgIpc) is 2.15. The molecule has 0 radical (unpaired) electrons. The number of hydrogen-bond acceptors (Lipinski definition) is 3. The molecule has 0 aliphatic carbocycles. The van der Waals surface area contributed by atoms with Gasteiger partial charge < -0.3 is 10.6 Å². The van der Waals surface area contributed by atoms with Gasteiger partial charge in [-0.2, -0.15) is 0 Å². The minimum Gasteiger partial charge on any atom is -0.337 e. The van der Waals surface area contributed by atoms with Crippen LogP contribution >= 0.6 is 0 Å². The Bertz CT molecular complexity index is 230. The molecular formula is C8H14N2O2S. The highest BCUT2D eigenvalue weighted by Crippen LogP contribution is 2.00. The van der Waals surface area contributed by atoms with Crippen molar-refractivity contribution in [3.63, 3.8) is 0 Å². The Balaban J connectivity index is 2.40. The lowest BCUT2D eigenvalue weighted by molar-refractivity contribution is -0.125. The Hall–Kier alpha value is -0.680. The van der Waals surface area contributed by atoms with E-state index in [4.69, 9.17) is 5.73 Å². The second-order valence-electron chi connectivity index (χ2n) is 2.81. The maximum atomic E-state index is 11.3. The van der Waals surface area contributed by atoms with Gasteiger partial charge in [0.2, 0.25) is 5.91 Å². The van der Waals surface area contributed by atoms with Gasteiger partial charge in [-0.15, -0.1) is 0 Å². The van der Waals surface area contributed by atoms with E-state index >= 15 is 0 Å². The molecule has 1 amide bonds. The van der Waals surface area contributed by atoms with Crippen molar-refractivity contribution in [3.05, 3.63) is 12.2 Å². The van der Waals surface area contributed by atoms with Crippen molar-refractivity contribution in [2.45, 2.75) is 0 Å². The molecule has 1 aliphatic heterocycles. The number of carbonyl (C=O) groups excluding carboxylic acids is 1. The van der Waals surface area contributed by atoms with Crippen LogP contribution in [0.3, 0.4) is 0 Å². The molecule has 0 aromatic carbocycles. The number of nitrogens with zero attached hydrogens (tertiary/aromatic N) is 1. The summed E-state index contributed by atoms with van der Waals surface area (Å²) >= 11 is 0. The number of nitrogens with two attached hydrogens (primary N) is 1. The summed E-state index contributed by atoms with van der Waals surface area (Å²) in [7, 11) is -0.726. The van der Waals surface area contributed by atoms with Gasteiger partial charge in [0.05, 0.1) is 0 Å². The summed E-state index contributed by atoms with van der Waals surface area (Å²) in [6, 6.07) is 0. The van der Waals surface area contributed by atoms with Crippen LogP contribution in [0.15, 0.2) is 12.2 Å². The van der Waals surface area contributed by atoms with Gasteiger partial charge in [-0.05, 0) is 0 Å². The van der Waals surface area contributed by atoms with E-state index in [2.05, 4.69) is 0 Å². The molecule has 0 atom stereocenters. The summed E-state index contributed by atoms with van der Waals surface area (Å²) in [6.07, 6.45) is 3.11. The van der Waals surface area contributed by atoms with Crippen molar-refractivity contribution >= 4 is 16.7 Å². The third kappa shape index (κ3) is 3.28. The highest BCUT2D eigenvalue weighted by Gasteiger charge is 2.17. The lowest BCUT2D eigenvalue weighted by Crippen LogP contribution is -2.41. The highest BCUT2D eigenvalue weighted by atomic mass is 32.2. The maximum absolute atomic E-state index is 11.3. The van der Waals surface area contributed by atoms with Gasteiger partial charge >= 0.3 is 0 Å². The van der Waals surface area contributed by atoms with Crippen molar-refractivity contribution in [2.75, 3.05) is 31.1 Å². The van der Waals surface area contributed by atoms with Crippen LogP contribution < -0.4 is 5.73 Å². The van der Waals surface area contributed by atoms with Gasteiger partial charge in [0.25, 0.3) is 0 Å². The molecule has 0 unspecified atom stereocenters. The Labute approximate surface area is 80.2 Å². The fourth-order valence-corrected chi connectivity index (χ4v) is 2.18.